The first-order valence-corrected chi connectivity index (χ1v) is 7.96. The van der Waals surface area contributed by atoms with Gasteiger partial charge in [0, 0.05) is 18.8 Å². The van der Waals surface area contributed by atoms with E-state index < -0.39 is 0 Å². The van der Waals surface area contributed by atoms with Crippen LogP contribution in [0.3, 0.4) is 0 Å². The van der Waals surface area contributed by atoms with Gasteiger partial charge in [0.05, 0.1) is 6.21 Å². The average Bonchev–Trinajstić information content (AvgIpc) is 2.61. The zero-order chi connectivity index (χ0) is 15.0. The SMILES string of the molecule is C(=N\OCc1ccccc1)/c1ccc(N2CCCCC2)cc1. The van der Waals surface area contributed by atoms with Gasteiger partial charge in [-0.15, -0.1) is 0 Å². The molecule has 3 heteroatoms. The molecule has 0 bridgehead atoms. The van der Waals surface area contributed by atoms with Crippen LogP contribution in [0, 0.1) is 0 Å². The standard InChI is InChI=1S/C19H22N2O/c1-3-7-18(8-4-1)16-22-20-15-17-9-11-19(12-10-17)21-13-5-2-6-14-21/h1,3-4,7-12,15H,2,5-6,13-14,16H2/b20-15+. The molecule has 0 unspecified atom stereocenters. The number of benzene rings is 2. The Morgan fingerprint density at radius 3 is 2.36 bits per heavy atom. The number of oxime groups is 1. The van der Waals surface area contributed by atoms with Gasteiger partial charge in [-0.3, -0.25) is 0 Å². The Bertz CT molecular complexity index is 587. The molecule has 22 heavy (non-hydrogen) atoms. The lowest BCUT2D eigenvalue weighted by molar-refractivity contribution is 0.132. The fraction of sp³-hybridized carbons (Fsp3) is 0.316. The number of nitrogens with zero attached hydrogens (tertiary/aromatic N) is 2. The van der Waals surface area contributed by atoms with Crippen LogP contribution in [0.2, 0.25) is 0 Å². The highest BCUT2D eigenvalue weighted by molar-refractivity contribution is 5.79. The molecule has 3 rings (SSSR count). The quantitative estimate of drug-likeness (QED) is 0.609. The maximum absolute atomic E-state index is 5.33. The molecule has 0 N–H and O–H groups in total. The third-order valence-corrected chi connectivity index (χ3v) is 3.96. The van der Waals surface area contributed by atoms with Gasteiger partial charge in [-0.2, -0.15) is 0 Å². The van der Waals surface area contributed by atoms with Crippen molar-refractivity contribution >= 4 is 11.9 Å². The summed E-state index contributed by atoms with van der Waals surface area (Å²) in [6.45, 7) is 2.85. The van der Waals surface area contributed by atoms with Gasteiger partial charge in [0.25, 0.3) is 0 Å². The van der Waals surface area contributed by atoms with Crippen molar-refractivity contribution in [3.8, 4) is 0 Å². The second-order valence-corrected chi connectivity index (χ2v) is 5.63. The highest BCUT2D eigenvalue weighted by Crippen LogP contribution is 2.19. The third kappa shape index (κ3) is 4.10. The lowest BCUT2D eigenvalue weighted by atomic mass is 10.1. The molecule has 1 aliphatic heterocycles. The molecule has 1 heterocycles. The summed E-state index contributed by atoms with van der Waals surface area (Å²) in [5.74, 6) is 0. The normalized spacial score (nSPS) is 15.2. The van der Waals surface area contributed by atoms with Crippen LogP contribution in [0.4, 0.5) is 5.69 Å². The van der Waals surface area contributed by atoms with E-state index in [0.29, 0.717) is 6.61 Å². The molecule has 0 aliphatic carbocycles. The molecule has 0 amide bonds. The first-order chi connectivity index (χ1) is 10.9. The predicted molar refractivity (Wildman–Crippen MR) is 91.3 cm³/mol. The molecule has 1 saturated heterocycles. The minimum absolute atomic E-state index is 0.503. The van der Waals surface area contributed by atoms with Crippen LogP contribution in [-0.2, 0) is 11.4 Å². The summed E-state index contributed by atoms with van der Waals surface area (Å²) in [4.78, 5) is 7.78. The molecular weight excluding hydrogens is 272 g/mol. The van der Waals surface area contributed by atoms with Gasteiger partial charge in [0.1, 0.15) is 6.61 Å². The van der Waals surface area contributed by atoms with Crippen molar-refractivity contribution in [1.29, 1.82) is 0 Å². The molecule has 3 nitrogen and oxygen atoms in total. The Balaban J connectivity index is 1.51. The zero-order valence-corrected chi connectivity index (χ0v) is 12.8. The van der Waals surface area contributed by atoms with Gasteiger partial charge in [-0.05, 0) is 42.5 Å². The minimum atomic E-state index is 0.503. The minimum Gasteiger partial charge on any atom is -0.391 e. The molecular formula is C19H22N2O. The van der Waals surface area contributed by atoms with Crippen LogP contribution >= 0.6 is 0 Å². The summed E-state index contributed by atoms with van der Waals surface area (Å²) >= 11 is 0. The van der Waals surface area contributed by atoms with Crippen LogP contribution in [0.25, 0.3) is 0 Å². The molecule has 0 aromatic heterocycles. The van der Waals surface area contributed by atoms with Crippen LogP contribution in [0.5, 0.6) is 0 Å². The van der Waals surface area contributed by atoms with Gasteiger partial charge >= 0.3 is 0 Å². The van der Waals surface area contributed by atoms with Crippen molar-refractivity contribution in [1.82, 2.24) is 0 Å². The summed E-state index contributed by atoms with van der Waals surface area (Å²) in [5.41, 5.74) is 3.50. The van der Waals surface area contributed by atoms with Gasteiger partial charge in [0.15, 0.2) is 0 Å². The molecule has 0 atom stereocenters. The fourth-order valence-electron chi connectivity index (χ4n) is 2.71. The van der Waals surface area contributed by atoms with E-state index in [1.54, 1.807) is 6.21 Å². The van der Waals surface area contributed by atoms with E-state index >= 15 is 0 Å². The smallest absolute Gasteiger partial charge is 0.142 e. The number of rotatable bonds is 5. The highest BCUT2D eigenvalue weighted by Gasteiger charge is 2.10. The van der Waals surface area contributed by atoms with Crippen molar-refractivity contribution in [2.24, 2.45) is 5.16 Å². The van der Waals surface area contributed by atoms with E-state index in [2.05, 4.69) is 34.3 Å². The summed E-state index contributed by atoms with van der Waals surface area (Å²) in [7, 11) is 0. The second-order valence-electron chi connectivity index (χ2n) is 5.63. The van der Waals surface area contributed by atoms with E-state index in [1.165, 1.54) is 38.0 Å². The Morgan fingerprint density at radius 1 is 0.909 bits per heavy atom. The first-order valence-electron chi connectivity index (χ1n) is 7.96. The molecule has 0 spiro atoms. The Kier molecular flexibility index (Phi) is 5.09. The molecule has 1 fully saturated rings. The maximum atomic E-state index is 5.33. The van der Waals surface area contributed by atoms with E-state index in [-0.39, 0.29) is 0 Å². The van der Waals surface area contributed by atoms with Crippen molar-refractivity contribution in [2.45, 2.75) is 25.9 Å². The number of hydrogen-bond acceptors (Lipinski definition) is 3. The fourth-order valence-corrected chi connectivity index (χ4v) is 2.71. The lowest BCUT2D eigenvalue weighted by Crippen LogP contribution is -2.29. The zero-order valence-electron chi connectivity index (χ0n) is 12.8. The largest absolute Gasteiger partial charge is 0.391 e. The molecule has 0 saturated carbocycles. The van der Waals surface area contributed by atoms with Crippen LogP contribution in [0.15, 0.2) is 59.8 Å². The van der Waals surface area contributed by atoms with Crippen LogP contribution < -0.4 is 4.90 Å². The Labute approximate surface area is 132 Å². The Morgan fingerprint density at radius 2 is 1.64 bits per heavy atom. The van der Waals surface area contributed by atoms with Crippen molar-refractivity contribution in [3.63, 3.8) is 0 Å². The van der Waals surface area contributed by atoms with Crippen molar-refractivity contribution < 1.29 is 4.84 Å². The van der Waals surface area contributed by atoms with E-state index in [0.717, 1.165) is 11.1 Å². The van der Waals surface area contributed by atoms with Gasteiger partial charge in [0.2, 0.25) is 0 Å². The summed E-state index contributed by atoms with van der Waals surface area (Å²) < 4.78 is 0. The van der Waals surface area contributed by atoms with E-state index in [9.17, 15) is 0 Å². The van der Waals surface area contributed by atoms with E-state index in [1.807, 2.05) is 30.3 Å². The highest BCUT2D eigenvalue weighted by atomic mass is 16.6. The predicted octanol–water partition coefficient (Wildman–Crippen LogP) is 4.23. The van der Waals surface area contributed by atoms with Crippen LogP contribution in [-0.4, -0.2) is 19.3 Å². The lowest BCUT2D eigenvalue weighted by Gasteiger charge is -2.28. The maximum Gasteiger partial charge on any atom is 0.142 e. The molecule has 1 aliphatic rings. The number of hydrogen-bond donors (Lipinski definition) is 0. The molecule has 2 aromatic rings. The second kappa shape index (κ2) is 7.64. The summed E-state index contributed by atoms with van der Waals surface area (Å²) in [6.07, 6.45) is 5.73. The Hall–Kier alpha value is -2.29. The van der Waals surface area contributed by atoms with Gasteiger partial charge < -0.3 is 9.74 Å². The summed E-state index contributed by atoms with van der Waals surface area (Å²) in [6, 6.07) is 18.6. The topological polar surface area (TPSA) is 24.8 Å². The van der Waals surface area contributed by atoms with Gasteiger partial charge in [-0.25, -0.2) is 0 Å². The van der Waals surface area contributed by atoms with E-state index in [4.69, 9.17) is 4.84 Å². The van der Waals surface area contributed by atoms with Crippen molar-refractivity contribution in [2.75, 3.05) is 18.0 Å². The molecule has 2 aromatic carbocycles. The molecule has 0 radical (unpaired) electrons. The molecule has 114 valence electrons. The summed E-state index contributed by atoms with van der Waals surface area (Å²) in [5, 5.41) is 4.04. The van der Waals surface area contributed by atoms with Crippen molar-refractivity contribution in [3.05, 3.63) is 65.7 Å². The number of anilines is 1. The van der Waals surface area contributed by atoms with Gasteiger partial charge in [-0.1, -0.05) is 47.6 Å². The van der Waals surface area contributed by atoms with Crippen LogP contribution in [0.1, 0.15) is 30.4 Å². The first kappa shape index (κ1) is 14.6. The monoisotopic (exact) mass is 294 g/mol. The third-order valence-electron chi connectivity index (χ3n) is 3.96. The average molecular weight is 294 g/mol. The number of piperidine rings is 1.